The average molecular weight is 832 g/mol. The van der Waals surface area contributed by atoms with E-state index in [2.05, 4.69) is 262 Å². The van der Waals surface area contributed by atoms with Gasteiger partial charge in [0.15, 0.2) is 8.07 Å². The van der Waals surface area contributed by atoms with E-state index in [0.717, 1.165) is 17.1 Å². The van der Waals surface area contributed by atoms with Crippen molar-refractivity contribution < 1.29 is 0 Å². The summed E-state index contributed by atoms with van der Waals surface area (Å²) in [5.74, 6) is 0. The summed E-state index contributed by atoms with van der Waals surface area (Å²) in [6, 6.07) is 92.2. The van der Waals surface area contributed by atoms with Crippen molar-refractivity contribution in [3.05, 3.63) is 249 Å². The standard InChI is InChI=1S/C60H41N3Si/c1-5-19-42(20-6-1)61-54-31-17-14-28-51(54)59-56(61)39-40-57-60(59)52-29-15-18-32-55(52)62(57)44-33-35-47(36-34-44)64(45-23-9-3-10-24-45,46-25-11-4-12-26-46)48-37-38-50-49-27-13-16-30-53(49)63(58(50)41-48)43-21-7-2-8-22-43/h1-41H. The zero-order chi connectivity index (χ0) is 42.2. The van der Waals surface area contributed by atoms with Gasteiger partial charge in [0.05, 0.1) is 33.1 Å². The minimum Gasteiger partial charge on any atom is -0.309 e. The van der Waals surface area contributed by atoms with E-state index in [1.807, 2.05) is 0 Å². The molecule has 13 rings (SSSR count). The fraction of sp³-hybridized carbons (Fsp3) is 0. The van der Waals surface area contributed by atoms with Gasteiger partial charge in [0.2, 0.25) is 0 Å². The van der Waals surface area contributed by atoms with Gasteiger partial charge >= 0.3 is 0 Å². The Morgan fingerprint density at radius 1 is 0.219 bits per heavy atom. The molecule has 4 heteroatoms. The van der Waals surface area contributed by atoms with Crippen LogP contribution in [0.1, 0.15) is 0 Å². The predicted octanol–water partition coefficient (Wildman–Crippen LogP) is 12.4. The van der Waals surface area contributed by atoms with Crippen LogP contribution in [0.25, 0.3) is 82.5 Å². The zero-order valence-corrected chi connectivity index (χ0v) is 36.0. The van der Waals surface area contributed by atoms with Crippen LogP contribution >= 0.6 is 0 Å². The molecule has 64 heavy (non-hydrogen) atoms. The molecule has 3 aromatic heterocycles. The lowest BCUT2D eigenvalue weighted by molar-refractivity contribution is 1.17. The minimum absolute atomic E-state index is 1.14. The monoisotopic (exact) mass is 831 g/mol. The fourth-order valence-electron chi connectivity index (χ4n) is 10.9. The summed E-state index contributed by atoms with van der Waals surface area (Å²) in [6.45, 7) is 0. The molecular formula is C60H41N3Si. The zero-order valence-electron chi connectivity index (χ0n) is 35.0. The maximum atomic E-state index is 2.51. The molecule has 10 aromatic carbocycles. The summed E-state index contributed by atoms with van der Waals surface area (Å²) < 4.78 is 7.34. The van der Waals surface area contributed by atoms with E-state index in [9.17, 15) is 0 Å². The van der Waals surface area contributed by atoms with Gasteiger partial charge in [-0.1, -0.05) is 176 Å². The van der Waals surface area contributed by atoms with Gasteiger partial charge in [-0.05, 0) is 93.5 Å². The minimum atomic E-state index is -2.93. The number of para-hydroxylation sites is 5. The molecule has 0 aliphatic heterocycles. The van der Waals surface area contributed by atoms with Crippen LogP contribution < -0.4 is 20.7 Å². The molecule has 0 N–H and O–H groups in total. The predicted molar refractivity (Wildman–Crippen MR) is 273 cm³/mol. The van der Waals surface area contributed by atoms with Crippen LogP contribution in [0.3, 0.4) is 0 Å². The number of benzene rings is 10. The van der Waals surface area contributed by atoms with E-state index in [4.69, 9.17) is 0 Å². The van der Waals surface area contributed by atoms with Crippen molar-refractivity contribution in [2.24, 2.45) is 0 Å². The first kappa shape index (κ1) is 36.5. The number of hydrogen-bond donors (Lipinski definition) is 0. The third-order valence-electron chi connectivity index (χ3n) is 13.6. The Morgan fingerprint density at radius 3 is 1.06 bits per heavy atom. The topological polar surface area (TPSA) is 14.8 Å². The molecule has 0 aliphatic rings. The number of fused-ring (bicyclic) bond motifs is 10. The van der Waals surface area contributed by atoms with Gasteiger partial charge in [0.25, 0.3) is 0 Å². The van der Waals surface area contributed by atoms with Crippen LogP contribution in [0.2, 0.25) is 0 Å². The van der Waals surface area contributed by atoms with E-state index in [0.29, 0.717) is 0 Å². The van der Waals surface area contributed by atoms with Crippen LogP contribution in [0.5, 0.6) is 0 Å². The molecular weight excluding hydrogens is 791 g/mol. The molecule has 0 aliphatic carbocycles. The Bertz CT molecular complexity index is 3830. The molecule has 0 fully saturated rings. The Labute approximate surface area is 372 Å². The second-order valence-corrected chi connectivity index (χ2v) is 20.7. The molecule has 0 atom stereocenters. The molecule has 0 bridgehead atoms. The molecule has 13 aromatic rings. The maximum absolute atomic E-state index is 2.93. The second kappa shape index (κ2) is 14.5. The van der Waals surface area contributed by atoms with Crippen LogP contribution in [-0.2, 0) is 0 Å². The average Bonchev–Trinajstić information content (AvgIpc) is 4.01. The first-order valence-electron chi connectivity index (χ1n) is 22.1. The molecule has 3 nitrogen and oxygen atoms in total. The van der Waals surface area contributed by atoms with Gasteiger partial charge in [-0.2, -0.15) is 0 Å². The second-order valence-electron chi connectivity index (χ2n) is 16.8. The highest BCUT2D eigenvalue weighted by atomic mass is 28.3. The summed E-state index contributed by atoms with van der Waals surface area (Å²) in [5, 5.41) is 13.0. The highest BCUT2D eigenvalue weighted by Gasteiger charge is 2.42. The Balaban J connectivity index is 1.06. The quantitative estimate of drug-likeness (QED) is 0.112. The van der Waals surface area contributed by atoms with Crippen molar-refractivity contribution in [1.82, 2.24) is 13.7 Å². The lowest BCUT2D eigenvalue weighted by Gasteiger charge is -2.34. The highest BCUT2D eigenvalue weighted by Crippen LogP contribution is 2.42. The largest absolute Gasteiger partial charge is 0.309 e. The normalized spacial score (nSPS) is 12.1. The van der Waals surface area contributed by atoms with Crippen LogP contribution in [0.15, 0.2) is 249 Å². The van der Waals surface area contributed by atoms with E-state index in [1.165, 1.54) is 86.2 Å². The summed E-state index contributed by atoms with van der Waals surface area (Å²) in [5.41, 5.74) is 10.7. The van der Waals surface area contributed by atoms with Crippen LogP contribution in [0, 0.1) is 0 Å². The molecule has 0 radical (unpaired) electrons. The van der Waals surface area contributed by atoms with E-state index < -0.39 is 8.07 Å². The van der Waals surface area contributed by atoms with Gasteiger partial charge in [-0.25, -0.2) is 0 Å². The molecule has 0 spiro atoms. The van der Waals surface area contributed by atoms with Crippen molar-refractivity contribution >= 4 is 94.2 Å². The lowest BCUT2D eigenvalue weighted by Crippen LogP contribution is -2.74. The van der Waals surface area contributed by atoms with Crippen molar-refractivity contribution in [1.29, 1.82) is 0 Å². The third-order valence-corrected chi connectivity index (χ3v) is 18.4. The van der Waals surface area contributed by atoms with Crippen molar-refractivity contribution in [3.8, 4) is 17.1 Å². The van der Waals surface area contributed by atoms with Crippen molar-refractivity contribution in [2.45, 2.75) is 0 Å². The number of rotatable bonds is 7. The Kier molecular flexibility index (Phi) is 8.23. The van der Waals surface area contributed by atoms with Crippen molar-refractivity contribution in [2.75, 3.05) is 0 Å². The van der Waals surface area contributed by atoms with E-state index in [-0.39, 0.29) is 0 Å². The Morgan fingerprint density at radius 2 is 0.562 bits per heavy atom. The van der Waals surface area contributed by atoms with E-state index in [1.54, 1.807) is 0 Å². The summed E-state index contributed by atoms with van der Waals surface area (Å²) in [6.07, 6.45) is 0. The summed E-state index contributed by atoms with van der Waals surface area (Å²) in [7, 11) is -2.93. The van der Waals surface area contributed by atoms with Gasteiger partial charge in [0, 0.05) is 49.4 Å². The molecule has 0 unspecified atom stereocenters. The summed E-state index contributed by atoms with van der Waals surface area (Å²) in [4.78, 5) is 0. The first-order chi connectivity index (χ1) is 31.8. The Hall–Kier alpha value is -8.18. The smallest absolute Gasteiger partial charge is 0.179 e. The van der Waals surface area contributed by atoms with Crippen LogP contribution in [-0.4, -0.2) is 21.8 Å². The lowest BCUT2D eigenvalue weighted by atomic mass is 10.1. The molecule has 300 valence electrons. The molecule has 0 saturated carbocycles. The third kappa shape index (κ3) is 5.27. The highest BCUT2D eigenvalue weighted by molar-refractivity contribution is 7.20. The van der Waals surface area contributed by atoms with E-state index >= 15 is 0 Å². The van der Waals surface area contributed by atoms with Gasteiger partial charge < -0.3 is 13.7 Å². The van der Waals surface area contributed by atoms with Crippen LogP contribution in [0.4, 0.5) is 0 Å². The summed E-state index contributed by atoms with van der Waals surface area (Å²) >= 11 is 0. The molecule has 0 amide bonds. The van der Waals surface area contributed by atoms with Gasteiger partial charge in [0.1, 0.15) is 0 Å². The fourth-order valence-corrected chi connectivity index (χ4v) is 15.7. The number of hydrogen-bond acceptors (Lipinski definition) is 0. The first-order valence-corrected chi connectivity index (χ1v) is 24.1. The SMILES string of the molecule is c1ccc(-n2c3ccccc3c3ccc([Si](c4ccccc4)(c4ccccc4)c4ccc(-n5c6ccccc6c6c7c8ccccc8n(-c8ccccc8)c7ccc65)cc4)cc32)cc1. The van der Waals surface area contributed by atoms with Crippen molar-refractivity contribution in [3.63, 3.8) is 0 Å². The van der Waals surface area contributed by atoms with Gasteiger partial charge in [-0.15, -0.1) is 0 Å². The number of nitrogens with zero attached hydrogens (tertiary/aromatic N) is 3. The maximum Gasteiger partial charge on any atom is 0.179 e. The number of aromatic nitrogens is 3. The molecule has 0 saturated heterocycles. The van der Waals surface area contributed by atoms with Gasteiger partial charge in [-0.3, -0.25) is 0 Å². The molecule has 3 heterocycles.